The lowest BCUT2D eigenvalue weighted by Gasteiger charge is -2.23. The van der Waals surface area contributed by atoms with Crippen LogP contribution in [0.3, 0.4) is 0 Å². The van der Waals surface area contributed by atoms with Gasteiger partial charge < -0.3 is 4.57 Å². The summed E-state index contributed by atoms with van der Waals surface area (Å²) in [6.45, 7) is 4.22. The largest absolute Gasteiger partial charge is 0.353 e. The van der Waals surface area contributed by atoms with Crippen molar-refractivity contribution in [2.75, 3.05) is 0 Å². The fourth-order valence-corrected chi connectivity index (χ4v) is 4.67. The molecule has 0 N–H and O–H groups in total. The highest BCUT2D eigenvalue weighted by Gasteiger charge is 2.39. The molecule has 5 heteroatoms. The number of sulfonamides is 1. The molecule has 2 aromatic rings. The van der Waals surface area contributed by atoms with Crippen molar-refractivity contribution in [1.82, 2.24) is 8.87 Å². The van der Waals surface area contributed by atoms with Gasteiger partial charge in [0.2, 0.25) is 10.0 Å². The van der Waals surface area contributed by atoms with Crippen molar-refractivity contribution in [2.24, 2.45) is 7.05 Å². The smallest absolute Gasteiger partial charge is 0.243 e. The monoisotopic (exact) mass is 318 g/mol. The molecule has 0 amide bonds. The Labute approximate surface area is 132 Å². The van der Waals surface area contributed by atoms with Gasteiger partial charge in [0.1, 0.15) is 0 Å². The van der Waals surface area contributed by atoms with Gasteiger partial charge in [0.15, 0.2) is 0 Å². The second-order valence-electron chi connectivity index (χ2n) is 6.16. The molecule has 3 rings (SSSR count). The Morgan fingerprint density at radius 1 is 1.23 bits per heavy atom. The summed E-state index contributed by atoms with van der Waals surface area (Å²) in [7, 11) is -1.51. The number of benzene rings is 1. The minimum Gasteiger partial charge on any atom is -0.353 e. The summed E-state index contributed by atoms with van der Waals surface area (Å²) in [6.07, 6.45) is 3.86. The molecule has 1 fully saturated rings. The second-order valence-corrected chi connectivity index (χ2v) is 8.02. The third-order valence-corrected chi connectivity index (χ3v) is 6.29. The Kier molecular flexibility index (Phi) is 3.87. The maximum Gasteiger partial charge on any atom is 0.243 e. The van der Waals surface area contributed by atoms with E-state index in [2.05, 4.69) is 0 Å². The number of aryl methyl sites for hydroxylation is 3. The molecule has 0 saturated heterocycles. The Balaban J connectivity index is 2.00. The van der Waals surface area contributed by atoms with Crippen molar-refractivity contribution >= 4 is 10.0 Å². The summed E-state index contributed by atoms with van der Waals surface area (Å²) < 4.78 is 29.9. The molecular formula is C17H22N2O2S. The van der Waals surface area contributed by atoms with E-state index in [0.29, 0.717) is 11.4 Å². The lowest BCUT2D eigenvalue weighted by molar-refractivity contribution is 0.390. The lowest BCUT2D eigenvalue weighted by Crippen LogP contribution is -2.33. The standard InChI is InChI=1S/C17H22N2O2S/c1-13-6-7-14(2)17(11-13)22(20,21)19(15-8-9-15)12-16-5-4-10-18(16)3/h4-7,10-11,15H,8-9,12H2,1-3H3. The van der Waals surface area contributed by atoms with Gasteiger partial charge in [-0.3, -0.25) is 0 Å². The number of rotatable bonds is 5. The van der Waals surface area contributed by atoms with Crippen molar-refractivity contribution in [3.8, 4) is 0 Å². The fraction of sp³-hybridized carbons (Fsp3) is 0.412. The Bertz CT molecular complexity index is 789. The van der Waals surface area contributed by atoms with Crippen LogP contribution in [0.25, 0.3) is 0 Å². The number of nitrogens with zero attached hydrogens (tertiary/aromatic N) is 2. The summed E-state index contributed by atoms with van der Waals surface area (Å²) in [4.78, 5) is 0.439. The molecule has 0 radical (unpaired) electrons. The Morgan fingerprint density at radius 2 is 1.95 bits per heavy atom. The molecule has 1 heterocycles. The van der Waals surface area contributed by atoms with Crippen LogP contribution in [0.4, 0.5) is 0 Å². The quantitative estimate of drug-likeness (QED) is 0.850. The maximum absolute atomic E-state index is 13.1. The van der Waals surface area contributed by atoms with Crippen molar-refractivity contribution in [3.63, 3.8) is 0 Å². The molecule has 1 aliphatic carbocycles. The molecule has 0 spiro atoms. The van der Waals surface area contributed by atoms with E-state index in [4.69, 9.17) is 0 Å². The third kappa shape index (κ3) is 2.83. The first-order chi connectivity index (χ1) is 10.4. The first-order valence-corrected chi connectivity index (χ1v) is 9.03. The van der Waals surface area contributed by atoms with Gasteiger partial charge >= 0.3 is 0 Å². The van der Waals surface area contributed by atoms with Crippen LogP contribution in [0.15, 0.2) is 41.4 Å². The first-order valence-electron chi connectivity index (χ1n) is 7.59. The normalized spacial score (nSPS) is 15.5. The number of hydrogen-bond acceptors (Lipinski definition) is 2. The summed E-state index contributed by atoms with van der Waals surface area (Å²) in [5, 5.41) is 0. The number of hydrogen-bond donors (Lipinski definition) is 0. The van der Waals surface area contributed by atoms with Gasteiger partial charge in [-0.25, -0.2) is 8.42 Å². The average Bonchev–Trinajstić information content (AvgIpc) is 3.22. The predicted molar refractivity (Wildman–Crippen MR) is 87.1 cm³/mol. The van der Waals surface area contributed by atoms with E-state index in [1.54, 1.807) is 10.4 Å². The molecule has 1 aromatic carbocycles. The summed E-state index contributed by atoms with van der Waals surface area (Å²) in [5.41, 5.74) is 2.79. The zero-order chi connectivity index (χ0) is 15.9. The van der Waals surface area contributed by atoms with Crippen molar-refractivity contribution < 1.29 is 8.42 Å². The predicted octanol–water partition coefficient (Wildman–Crippen LogP) is 3.00. The van der Waals surface area contributed by atoms with Gasteiger partial charge in [-0.15, -0.1) is 0 Å². The molecule has 0 unspecified atom stereocenters. The van der Waals surface area contributed by atoms with Crippen molar-refractivity contribution in [3.05, 3.63) is 53.3 Å². The molecule has 1 aromatic heterocycles. The van der Waals surface area contributed by atoms with Crippen LogP contribution in [0.1, 0.15) is 29.7 Å². The van der Waals surface area contributed by atoms with E-state index in [0.717, 1.165) is 29.7 Å². The Hall–Kier alpha value is -1.59. The second kappa shape index (κ2) is 5.56. The van der Waals surface area contributed by atoms with Gasteiger partial charge in [-0.05, 0) is 56.0 Å². The van der Waals surface area contributed by atoms with Crippen LogP contribution in [-0.4, -0.2) is 23.3 Å². The molecular weight excluding hydrogens is 296 g/mol. The van der Waals surface area contributed by atoms with E-state index in [-0.39, 0.29) is 6.04 Å². The molecule has 0 aliphatic heterocycles. The highest BCUT2D eigenvalue weighted by atomic mass is 32.2. The topological polar surface area (TPSA) is 42.3 Å². The van der Waals surface area contributed by atoms with Crippen LogP contribution in [0.2, 0.25) is 0 Å². The zero-order valence-corrected chi connectivity index (χ0v) is 14.1. The van der Waals surface area contributed by atoms with Crippen molar-refractivity contribution in [1.29, 1.82) is 0 Å². The molecule has 1 saturated carbocycles. The third-order valence-electron chi connectivity index (χ3n) is 4.25. The molecule has 0 bridgehead atoms. The molecule has 0 atom stereocenters. The van der Waals surface area contributed by atoms with Gasteiger partial charge in [0, 0.05) is 25.0 Å². The van der Waals surface area contributed by atoms with E-state index in [9.17, 15) is 8.42 Å². The highest BCUT2D eigenvalue weighted by molar-refractivity contribution is 7.89. The van der Waals surface area contributed by atoms with E-state index in [1.807, 2.05) is 55.9 Å². The van der Waals surface area contributed by atoms with E-state index in [1.165, 1.54) is 0 Å². The Morgan fingerprint density at radius 3 is 2.55 bits per heavy atom. The van der Waals surface area contributed by atoms with Crippen LogP contribution >= 0.6 is 0 Å². The summed E-state index contributed by atoms with van der Waals surface area (Å²) in [5.74, 6) is 0. The van der Waals surface area contributed by atoms with Gasteiger partial charge in [-0.2, -0.15) is 4.31 Å². The molecule has 22 heavy (non-hydrogen) atoms. The van der Waals surface area contributed by atoms with Gasteiger partial charge in [-0.1, -0.05) is 12.1 Å². The van der Waals surface area contributed by atoms with Crippen LogP contribution in [0, 0.1) is 13.8 Å². The van der Waals surface area contributed by atoms with E-state index < -0.39 is 10.0 Å². The minimum absolute atomic E-state index is 0.139. The summed E-state index contributed by atoms with van der Waals surface area (Å²) >= 11 is 0. The van der Waals surface area contributed by atoms with Gasteiger partial charge in [0.25, 0.3) is 0 Å². The maximum atomic E-state index is 13.1. The van der Waals surface area contributed by atoms with Gasteiger partial charge in [0.05, 0.1) is 11.4 Å². The minimum atomic E-state index is -3.46. The first kappa shape index (κ1) is 15.3. The number of aromatic nitrogens is 1. The lowest BCUT2D eigenvalue weighted by atomic mass is 10.2. The molecule has 1 aliphatic rings. The van der Waals surface area contributed by atoms with E-state index >= 15 is 0 Å². The van der Waals surface area contributed by atoms with Crippen LogP contribution in [0.5, 0.6) is 0 Å². The molecule has 118 valence electrons. The van der Waals surface area contributed by atoms with Crippen LogP contribution in [-0.2, 0) is 23.6 Å². The highest BCUT2D eigenvalue weighted by Crippen LogP contribution is 2.34. The SMILES string of the molecule is Cc1ccc(C)c(S(=O)(=O)N(Cc2cccn2C)C2CC2)c1. The fourth-order valence-electron chi connectivity index (χ4n) is 2.70. The summed E-state index contributed by atoms with van der Waals surface area (Å²) in [6, 6.07) is 9.69. The molecule has 4 nitrogen and oxygen atoms in total. The zero-order valence-electron chi connectivity index (χ0n) is 13.3. The average molecular weight is 318 g/mol. The van der Waals surface area contributed by atoms with Crippen LogP contribution < -0.4 is 0 Å². The van der Waals surface area contributed by atoms with Crippen molar-refractivity contribution in [2.45, 2.75) is 44.2 Å².